The van der Waals surface area contributed by atoms with E-state index in [4.69, 9.17) is 15.2 Å². The first kappa shape index (κ1) is 15.1. The van der Waals surface area contributed by atoms with Crippen LogP contribution in [-0.4, -0.2) is 53.2 Å². The Kier molecular flexibility index (Phi) is 4.95. The second-order valence-corrected chi connectivity index (χ2v) is 4.66. The number of nitrogen functional groups attached to an aromatic ring is 1. The number of methoxy groups -OCH3 is 1. The molecule has 1 saturated heterocycles. The van der Waals surface area contributed by atoms with E-state index in [9.17, 15) is 4.79 Å². The maximum absolute atomic E-state index is 12.0. The third-order valence-electron chi connectivity index (χ3n) is 3.34. The fourth-order valence-electron chi connectivity index (χ4n) is 2.25. The van der Waals surface area contributed by atoms with Gasteiger partial charge < -0.3 is 20.1 Å². The molecule has 21 heavy (non-hydrogen) atoms. The van der Waals surface area contributed by atoms with Gasteiger partial charge >= 0.3 is 0 Å². The van der Waals surface area contributed by atoms with E-state index in [2.05, 4.69) is 21.8 Å². The minimum Gasteiger partial charge on any atom is -0.486 e. The van der Waals surface area contributed by atoms with Gasteiger partial charge in [0.05, 0.1) is 18.3 Å². The number of amides is 1. The molecule has 2 rings (SSSR count). The second kappa shape index (κ2) is 6.90. The van der Waals surface area contributed by atoms with Gasteiger partial charge in [0.2, 0.25) is 0 Å². The highest BCUT2D eigenvalue weighted by atomic mass is 16.5. The average molecular weight is 290 g/mol. The van der Waals surface area contributed by atoms with Crippen LogP contribution < -0.4 is 10.5 Å². The molecule has 0 spiro atoms. The number of ether oxygens (including phenoxy) is 2. The van der Waals surface area contributed by atoms with Gasteiger partial charge in [-0.05, 0) is 19.3 Å². The van der Waals surface area contributed by atoms with Crippen molar-refractivity contribution < 1.29 is 14.3 Å². The molecule has 112 valence electrons. The van der Waals surface area contributed by atoms with Gasteiger partial charge in [0.25, 0.3) is 5.91 Å². The summed E-state index contributed by atoms with van der Waals surface area (Å²) in [5, 5.41) is 0. The van der Waals surface area contributed by atoms with Crippen molar-refractivity contribution >= 4 is 11.7 Å². The summed E-state index contributed by atoms with van der Waals surface area (Å²) in [5.74, 6) is 5.63. The fourth-order valence-corrected chi connectivity index (χ4v) is 2.25. The lowest BCUT2D eigenvalue weighted by molar-refractivity contribution is -0.126. The Bertz CT molecular complexity index is 567. The molecule has 0 saturated carbocycles. The van der Waals surface area contributed by atoms with E-state index in [0.717, 1.165) is 0 Å². The lowest BCUT2D eigenvalue weighted by atomic mass is 10.2. The molecule has 1 aromatic heterocycles. The van der Waals surface area contributed by atoms with Crippen molar-refractivity contribution in [2.45, 2.75) is 25.5 Å². The Hall–Kier alpha value is -2.33. The molecular formula is C14H18N4O3. The number of carbonyl (C=O) groups excluding carboxylic acids is 1. The molecule has 2 atom stereocenters. The smallest absolute Gasteiger partial charge is 0.298 e. The van der Waals surface area contributed by atoms with Gasteiger partial charge in [0.15, 0.2) is 11.6 Å². The van der Waals surface area contributed by atoms with Crippen LogP contribution in [-0.2, 0) is 9.53 Å². The topological polar surface area (TPSA) is 90.6 Å². The molecular weight excluding hydrogens is 272 g/mol. The molecule has 1 aromatic rings. The van der Waals surface area contributed by atoms with Gasteiger partial charge in [-0.1, -0.05) is 5.92 Å². The Morgan fingerprint density at radius 1 is 1.62 bits per heavy atom. The van der Waals surface area contributed by atoms with Crippen LogP contribution in [0, 0.1) is 11.8 Å². The number of anilines is 1. The second-order valence-electron chi connectivity index (χ2n) is 4.66. The van der Waals surface area contributed by atoms with Crippen molar-refractivity contribution in [3.05, 3.63) is 12.5 Å². The lowest BCUT2D eigenvalue weighted by Gasteiger charge is -2.22. The third-order valence-corrected chi connectivity index (χ3v) is 3.34. The number of carbonyl (C=O) groups is 1. The predicted molar refractivity (Wildman–Crippen MR) is 76.3 cm³/mol. The van der Waals surface area contributed by atoms with Gasteiger partial charge in [-0.15, -0.1) is 0 Å². The molecule has 7 nitrogen and oxygen atoms in total. The summed E-state index contributed by atoms with van der Waals surface area (Å²) in [6.07, 6.45) is 3.54. The highest BCUT2D eigenvalue weighted by molar-refractivity contribution is 5.93. The molecule has 0 unspecified atom stereocenters. The highest BCUT2D eigenvalue weighted by Crippen LogP contribution is 2.22. The van der Waals surface area contributed by atoms with Crippen molar-refractivity contribution in [3.63, 3.8) is 0 Å². The number of likely N-dealkylation sites (tertiary alicyclic amines) is 1. The first-order valence-electron chi connectivity index (χ1n) is 6.60. The standard InChI is InChI=1S/C14H18N4O3/c1-3-4-13(19)18-7-11(20-2)5-10(18)8-21-12-6-16-9-17-14(12)15/h6,9-11H,5,7-8H2,1-2H3,(H2,15,16,17)/t10-,11+/m0/s1. The summed E-state index contributed by atoms with van der Waals surface area (Å²) >= 11 is 0. The van der Waals surface area contributed by atoms with Crippen LogP contribution >= 0.6 is 0 Å². The molecule has 0 aliphatic carbocycles. The van der Waals surface area contributed by atoms with E-state index in [1.165, 1.54) is 12.5 Å². The highest BCUT2D eigenvalue weighted by Gasteiger charge is 2.35. The largest absolute Gasteiger partial charge is 0.486 e. The van der Waals surface area contributed by atoms with Crippen molar-refractivity contribution in [1.29, 1.82) is 0 Å². The Morgan fingerprint density at radius 2 is 2.43 bits per heavy atom. The van der Waals surface area contributed by atoms with Crippen LogP contribution in [0.1, 0.15) is 13.3 Å². The zero-order valence-corrected chi connectivity index (χ0v) is 12.1. The van der Waals surface area contributed by atoms with E-state index >= 15 is 0 Å². The Morgan fingerprint density at radius 3 is 3.10 bits per heavy atom. The van der Waals surface area contributed by atoms with E-state index in [-0.39, 0.29) is 23.9 Å². The van der Waals surface area contributed by atoms with Crippen LogP contribution in [0.2, 0.25) is 0 Å². The number of hydrogen-bond acceptors (Lipinski definition) is 6. The van der Waals surface area contributed by atoms with Crippen LogP contribution in [0.5, 0.6) is 5.75 Å². The number of nitrogens with two attached hydrogens (primary N) is 1. The molecule has 1 fully saturated rings. The Balaban J connectivity index is 2.03. The maximum Gasteiger partial charge on any atom is 0.298 e. The SMILES string of the molecule is CC#CC(=O)N1C[C@H](OC)C[C@H]1COc1cncnc1N. The molecule has 1 amide bonds. The van der Waals surface area contributed by atoms with Crippen LogP contribution in [0.3, 0.4) is 0 Å². The van der Waals surface area contributed by atoms with E-state index in [1.807, 2.05) is 0 Å². The van der Waals surface area contributed by atoms with Gasteiger partial charge in [-0.25, -0.2) is 9.97 Å². The zero-order valence-electron chi connectivity index (χ0n) is 12.1. The first-order chi connectivity index (χ1) is 10.2. The van der Waals surface area contributed by atoms with Crippen molar-refractivity contribution in [2.75, 3.05) is 26.0 Å². The third kappa shape index (κ3) is 3.61. The van der Waals surface area contributed by atoms with Gasteiger partial charge in [-0.2, -0.15) is 0 Å². The van der Waals surface area contributed by atoms with Gasteiger partial charge in [0.1, 0.15) is 12.9 Å². The quantitative estimate of drug-likeness (QED) is 0.790. The van der Waals surface area contributed by atoms with E-state index < -0.39 is 0 Å². The summed E-state index contributed by atoms with van der Waals surface area (Å²) in [7, 11) is 1.63. The molecule has 0 aromatic carbocycles. The van der Waals surface area contributed by atoms with Crippen molar-refractivity contribution in [3.8, 4) is 17.6 Å². The summed E-state index contributed by atoms with van der Waals surface area (Å²) in [4.78, 5) is 21.4. The fraction of sp³-hybridized carbons (Fsp3) is 0.500. The summed E-state index contributed by atoms with van der Waals surface area (Å²) in [5.41, 5.74) is 5.70. The molecule has 2 heterocycles. The number of rotatable bonds is 4. The lowest BCUT2D eigenvalue weighted by Crippen LogP contribution is -2.38. The number of nitrogens with zero attached hydrogens (tertiary/aromatic N) is 3. The number of hydrogen-bond donors (Lipinski definition) is 1. The number of aromatic nitrogens is 2. The van der Waals surface area contributed by atoms with E-state index in [0.29, 0.717) is 25.3 Å². The summed E-state index contributed by atoms with van der Waals surface area (Å²) < 4.78 is 11.0. The molecule has 0 radical (unpaired) electrons. The minimum absolute atomic E-state index is 0.00873. The molecule has 1 aliphatic rings. The van der Waals surface area contributed by atoms with Gasteiger partial charge in [-0.3, -0.25) is 4.79 Å². The monoisotopic (exact) mass is 290 g/mol. The van der Waals surface area contributed by atoms with Crippen molar-refractivity contribution in [1.82, 2.24) is 14.9 Å². The normalized spacial score (nSPS) is 20.8. The molecule has 0 bridgehead atoms. The van der Waals surface area contributed by atoms with Crippen LogP contribution in [0.4, 0.5) is 5.82 Å². The minimum atomic E-state index is -0.220. The van der Waals surface area contributed by atoms with Crippen LogP contribution in [0.25, 0.3) is 0 Å². The molecule has 2 N–H and O–H groups in total. The average Bonchev–Trinajstić information content (AvgIpc) is 2.90. The van der Waals surface area contributed by atoms with Gasteiger partial charge in [0, 0.05) is 13.7 Å². The molecule has 1 aliphatic heterocycles. The summed E-state index contributed by atoms with van der Waals surface area (Å²) in [6.45, 7) is 2.45. The Labute approximate surface area is 123 Å². The van der Waals surface area contributed by atoms with Crippen molar-refractivity contribution in [2.24, 2.45) is 0 Å². The maximum atomic E-state index is 12.0. The van der Waals surface area contributed by atoms with E-state index in [1.54, 1.807) is 18.9 Å². The summed E-state index contributed by atoms with van der Waals surface area (Å²) in [6, 6.07) is -0.108. The van der Waals surface area contributed by atoms with Crippen LogP contribution in [0.15, 0.2) is 12.5 Å². The first-order valence-corrected chi connectivity index (χ1v) is 6.60. The molecule has 7 heteroatoms. The predicted octanol–water partition coefficient (Wildman–Crippen LogP) is 0.0768. The zero-order chi connectivity index (χ0) is 15.2.